The fourth-order valence-electron chi connectivity index (χ4n) is 3.13. The van der Waals surface area contributed by atoms with Gasteiger partial charge < -0.3 is 14.2 Å². The number of rotatable bonds is 9. The predicted molar refractivity (Wildman–Crippen MR) is 95.5 cm³/mol. The quantitative estimate of drug-likeness (QED) is 0.456. The van der Waals surface area contributed by atoms with E-state index in [0.29, 0.717) is 0 Å². The second kappa shape index (κ2) is 9.78. The molecular weight excluding hydrogens is 311 g/mol. The Hall–Kier alpha value is -0.410. The SMILES string of the molecule is CCOP(=O)(OCC)C(O)C1CC=C(CCC=C(C)C)CC1C. The third-order valence-electron chi connectivity index (χ3n) is 4.34. The topological polar surface area (TPSA) is 55.8 Å². The van der Waals surface area contributed by atoms with E-state index in [0.717, 1.165) is 25.7 Å². The number of hydrogen-bond donors (Lipinski definition) is 1. The van der Waals surface area contributed by atoms with Crippen molar-refractivity contribution >= 4 is 7.60 Å². The van der Waals surface area contributed by atoms with Crippen LogP contribution in [0.15, 0.2) is 23.3 Å². The minimum Gasteiger partial charge on any atom is -0.380 e. The largest absolute Gasteiger partial charge is 0.380 e. The minimum absolute atomic E-state index is 0.0777. The lowest BCUT2D eigenvalue weighted by Crippen LogP contribution is -2.30. The third kappa shape index (κ3) is 6.19. The van der Waals surface area contributed by atoms with Crippen LogP contribution in [0.4, 0.5) is 0 Å². The van der Waals surface area contributed by atoms with Crippen LogP contribution in [0.1, 0.15) is 60.3 Å². The van der Waals surface area contributed by atoms with Gasteiger partial charge in [0.2, 0.25) is 0 Å². The maximum absolute atomic E-state index is 12.8. The lowest BCUT2D eigenvalue weighted by Gasteiger charge is -2.35. The van der Waals surface area contributed by atoms with Crippen LogP contribution in [0.2, 0.25) is 0 Å². The highest BCUT2D eigenvalue weighted by atomic mass is 31.2. The van der Waals surface area contributed by atoms with Gasteiger partial charge in [0.25, 0.3) is 0 Å². The molecule has 1 aliphatic carbocycles. The molecule has 0 aromatic carbocycles. The van der Waals surface area contributed by atoms with Crippen LogP contribution in [0, 0.1) is 11.8 Å². The third-order valence-corrected chi connectivity index (χ3v) is 6.60. The second-order valence-electron chi connectivity index (χ2n) is 6.55. The van der Waals surface area contributed by atoms with E-state index in [2.05, 4.69) is 32.9 Å². The maximum Gasteiger partial charge on any atom is 0.359 e. The molecule has 134 valence electrons. The summed E-state index contributed by atoms with van der Waals surface area (Å²) in [5, 5.41) is 10.6. The number of allylic oxidation sites excluding steroid dienone is 4. The molecule has 1 aliphatic rings. The van der Waals surface area contributed by atoms with Gasteiger partial charge in [-0.25, -0.2) is 0 Å². The summed E-state index contributed by atoms with van der Waals surface area (Å²) in [6.07, 6.45) is 8.25. The molecule has 23 heavy (non-hydrogen) atoms. The smallest absolute Gasteiger partial charge is 0.359 e. The Bertz CT molecular complexity index is 456. The molecule has 0 bridgehead atoms. The van der Waals surface area contributed by atoms with Crippen molar-refractivity contribution in [2.24, 2.45) is 11.8 Å². The zero-order chi connectivity index (χ0) is 17.5. The van der Waals surface area contributed by atoms with Crippen molar-refractivity contribution in [1.82, 2.24) is 0 Å². The Balaban J connectivity index is 2.73. The van der Waals surface area contributed by atoms with Crippen molar-refractivity contribution in [2.45, 2.75) is 66.1 Å². The van der Waals surface area contributed by atoms with Gasteiger partial charge in [0.1, 0.15) is 0 Å². The number of hydrogen-bond acceptors (Lipinski definition) is 4. The molecule has 3 atom stereocenters. The molecule has 4 nitrogen and oxygen atoms in total. The average Bonchev–Trinajstić information content (AvgIpc) is 2.47. The summed E-state index contributed by atoms with van der Waals surface area (Å²) < 4.78 is 23.4. The molecule has 0 amide bonds. The zero-order valence-electron chi connectivity index (χ0n) is 15.2. The molecule has 0 saturated carbocycles. The maximum atomic E-state index is 12.8. The summed E-state index contributed by atoms with van der Waals surface area (Å²) in [6, 6.07) is 0. The zero-order valence-corrected chi connectivity index (χ0v) is 16.1. The van der Waals surface area contributed by atoms with Gasteiger partial charge in [-0.05, 0) is 59.3 Å². The predicted octanol–water partition coefficient (Wildman–Crippen LogP) is 5.29. The van der Waals surface area contributed by atoms with Crippen LogP contribution < -0.4 is 0 Å². The van der Waals surface area contributed by atoms with E-state index in [4.69, 9.17) is 9.05 Å². The van der Waals surface area contributed by atoms with Gasteiger partial charge in [0, 0.05) is 5.92 Å². The van der Waals surface area contributed by atoms with Gasteiger partial charge in [-0.2, -0.15) is 0 Å². The van der Waals surface area contributed by atoms with E-state index in [9.17, 15) is 9.67 Å². The Kier molecular flexibility index (Phi) is 8.78. The summed E-state index contributed by atoms with van der Waals surface area (Å²) in [6.45, 7) is 10.4. The van der Waals surface area contributed by atoms with Crippen molar-refractivity contribution in [1.29, 1.82) is 0 Å². The van der Waals surface area contributed by atoms with Crippen molar-refractivity contribution < 1.29 is 18.7 Å². The summed E-state index contributed by atoms with van der Waals surface area (Å²) in [5.41, 5.74) is 2.78. The molecular formula is C18H33O4P. The highest BCUT2D eigenvalue weighted by Gasteiger charge is 2.42. The Labute approximate surface area is 141 Å². The van der Waals surface area contributed by atoms with Crippen LogP contribution in [0.5, 0.6) is 0 Å². The van der Waals surface area contributed by atoms with Gasteiger partial charge in [-0.1, -0.05) is 30.2 Å². The van der Waals surface area contributed by atoms with Gasteiger partial charge in [0.15, 0.2) is 5.85 Å². The van der Waals surface area contributed by atoms with Crippen molar-refractivity contribution in [3.05, 3.63) is 23.3 Å². The summed E-state index contributed by atoms with van der Waals surface area (Å²) in [5.74, 6) is -0.856. The number of aliphatic hydroxyl groups is 1. The lowest BCUT2D eigenvalue weighted by atomic mass is 9.80. The van der Waals surface area contributed by atoms with Gasteiger partial charge in [0.05, 0.1) is 13.2 Å². The second-order valence-corrected chi connectivity index (χ2v) is 8.68. The van der Waals surface area contributed by atoms with E-state index in [1.807, 2.05) is 0 Å². The van der Waals surface area contributed by atoms with Crippen LogP contribution in [-0.4, -0.2) is 24.2 Å². The first-order chi connectivity index (χ1) is 10.8. The summed E-state index contributed by atoms with van der Waals surface area (Å²) in [4.78, 5) is 0. The molecule has 0 aromatic heterocycles. The van der Waals surface area contributed by atoms with E-state index < -0.39 is 13.4 Å². The van der Waals surface area contributed by atoms with Gasteiger partial charge in [-0.15, -0.1) is 0 Å². The summed E-state index contributed by atoms with van der Waals surface area (Å²) >= 11 is 0. The first-order valence-electron chi connectivity index (χ1n) is 8.72. The molecule has 0 fully saturated rings. The highest BCUT2D eigenvalue weighted by Crippen LogP contribution is 2.57. The van der Waals surface area contributed by atoms with E-state index in [1.54, 1.807) is 13.8 Å². The molecule has 5 heteroatoms. The number of aliphatic hydroxyl groups excluding tert-OH is 1. The molecule has 0 aromatic rings. The molecule has 1 N–H and O–H groups in total. The fraction of sp³-hybridized carbons (Fsp3) is 0.778. The van der Waals surface area contributed by atoms with Crippen LogP contribution in [0.25, 0.3) is 0 Å². The normalized spacial score (nSPS) is 23.3. The monoisotopic (exact) mass is 344 g/mol. The first kappa shape index (κ1) is 20.6. The Morgan fingerprint density at radius 1 is 1.39 bits per heavy atom. The first-order valence-corrected chi connectivity index (χ1v) is 10.3. The standard InChI is InChI=1S/C18H33O4P/c1-6-21-23(20,22-7-2)18(19)17-12-11-16(13-15(17)5)10-8-9-14(3)4/h9,11,15,17-19H,6-8,10,12-13H2,1-5H3. The van der Waals surface area contributed by atoms with E-state index >= 15 is 0 Å². The van der Waals surface area contributed by atoms with Crippen LogP contribution >= 0.6 is 7.60 Å². The lowest BCUT2D eigenvalue weighted by molar-refractivity contribution is 0.0882. The van der Waals surface area contributed by atoms with E-state index in [1.165, 1.54) is 11.1 Å². The van der Waals surface area contributed by atoms with E-state index in [-0.39, 0.29) is 25.0 Å². The van der Waals surface area contributed by atoms with Crippen molar-refractivity contribution in [3.63, 3.8) is 0 Å². The highest BCUT2D eigenvalue weighted by molar-refractivity contribution is 7.54. The molecule has 0 saturated heterocycles. The minimum atomic E-state index is -3.45. The van der Waals surface area contributed by atoms with Crippen LogP contribution in [-0.2, 0) is 13.6 Å². The van der Waals surface area contributed by atoms with Gasteiger partial charge in [-0.3, -0.25) is 4.57 Å². The average molecular weight is 344 g/mol. The molecule has 0 aliphatic heterocycles. The Morgan fingerprint density at radius 3 is 2.48 bits per heavy atom. The summed E-state index contributed by atoms with van der Waals surface area (Å²) in [7, 11) is -3.45. The van der Waals surface area contributed by atoms with Gasteiger partial charge >= 0.3 is 7.60 Å². The molecule has 3 unspecified atom stereocenters. The Morgan fingerprint density at radius 2 is 2.00 bits per heavy atom. The van der Waals surface area contributed by atoms with Crippen molar-refractivity contribution in [3.8, 4) is 0 Å². The molecule has 0 radical (unpaired) electrons. The fourth-order valence-corrected chi connectivity index (χ4v) is 5.12. The van der Waals surface area contributed by atoms with Crippen molar-refractivity contribution in [2.75, 3.05) is 13.2 Å². The molecule has 0 spiro atoms. The molecule has 1 rings (SSSR count). The van der Waals surface area contributed by atoms with Crippen LogP contribution in [0.3, 0.4) is 0 Å². The molecule has 0 heterocycles.